The van der Waals surface area contributed by atoms with Gasteiger partial charge in [0.25, 0.3) is 0 Å². The Balaban J connectivity index is 1.99. The molecule has 3 aromatic rings. The van der Waals surface area contributed by atoms with Crippen LogP contribution < -0.4 is 4.74 Å². The van der Waals surface area contributed by atoms with Gasteiger partial charge in [-0.15, -0.1) is 0 Å². The van der Waals surface area contributed by atoms with E-state index in [2.05, 4.69) is 37.8 Å². The fraction of sp³-hybridized carbons (Fsp3) is 0.444. The summed E-state index contributed by atoms with van der Waals surface area (Å²) >= 11 is 0. The summed E-state index contributed by atoms with van der Waals surface area (Å²) in [7, 11) is 1.91. The number of ether oxygens (including phenoxy) is 2. The third-order valence-corrected chi connectivity index (χ3v) is 5.91. The number of aliphatic hydroxyl groups is 1. The van der Waals surface area contributed by atoms with Crippen molar-refractivity contribution in [2.75, 3.05) is 19.8 Å². The highest BCUT2D eigenvalue weighted by Gasteiger charge is 2.25. The molecule has 2 unspecified atom stereocenters. The van der Waals surface area contributed by atoms with E-state index < -0.39 is 6.10 Å². The fourth-order valence-electron chi connectivity index (χ4n) is 3.81. The van der Waals surface area contributed by atoms with E-state index in [-0.39, 0.29) is 6.04 Å². The van der Waals surface area contributed by atoms with E-state index in [0.717, 1.165) is 29.0 Å². The van der Waals surface area contributed by atoms with Crippen LogP contribution in [0.5, 0.6) is 11.6 Å². The van der Waals surface area contributed by atoms with Crippen LogP contribution >= 0.6 is 0 Å². The molecule has 0 aliphatic heterocycles. The van der Waals surface area contributed by atoms with Crippen LogP contribution in [0.15, 0.2) is 54.6 Å². The van der Waals surface area contributed by atoms with Crippen LogP contribution in [0.25, 0.3) is 11.3 Å². The third kappa shape index (κ3) is 6.67. The van der Waals surface area contributed by atoms with Crippen molar-refractivity contribution < 1.29 is 14.6 Å². The summed E-state index contributed by atoms with van der Waals surface area (Å²) in [6, 6.07) is 18.5. The summed E-state index contributed by atoms with van der Waals surface area (Å²) in [6.07, 6.45) is 0.411. The molecule has 2 atom stereocenters. The zero-order valence-electron chi connectivity index (χ0n) is 20.5. The number of rotatable bonds is 12. The number of benzene rings is 2. The second-order valence-corrected chi connectivity index (χ2v) is 8.54. The van der Waals surface area contributed by atoms with Crippen LogP contribution in [0.4, 0.5) is 0 Å². The van der Waals surface area contributed by atoms with Crippen LogP contribution in [0.2, 0.25) is 0 Å². The Hall–Kier alpha value is -2.67. The maximum absolute atomic E-state index is 10.6. The van der Waals surface area contributed by atoms with E-state index in [1.165, 1.54) is 5.56 Å². The minimum Gasteiger partial charge on any atom is -0.439 e. The van der Waals surface area contributed by atoms with Gasteiger partial charge in [0, 0.05) is 38.3 Å². The van der Waals surface area contributed by atoms with Crippen LogP contribution in [0, 0.1) is 6.92 Å². The van der Waals surface area contributed by atoms with Crippen molar-refractivity contribution >= 4 is 0 Å². The number of aryl methyl sites for hydroxylation is 2. The van der Waals surface area contributed by atoms with E-state index in [1.807, 2.05) is 61.1 Å². The molecule has 0 amide bonds. The summed E-state index contributed by atoms with van der Waals surface area (Å²) in [6.45, 7) is 10.4. The van der Waals surface area contributed by atoms with E-state index in [1.54, 1.807) is 0 Å². The zero-order valence-corrected chi connectivity index (χ0v) is 20.5. The second-order valence-electron chi connectivity index (χ2n) is 8.54. The van der Waals surface area contributed by atoms with Crippen LogP contribution in [0.3, 0.4) is 0 Å². The molecule has 6 heteroatoms. The highest BCUT2D eigenvalue weighted by atomic mass is 16.5. The Bertz CT molecular complexity index is 986. The molecule has 0 bridgehead atoms. The predicted octanol–water partition coefficient (Wildman–Crippen LogP) is 5.19. The average molecular weight is 452 g/mol. The maximum atomic E-state index is 10.6. The largest absolute Gasteiger partial charge is 0.439 e. The summed E-state index contributed by atoms with van der Waals surface area (Å²) in [5.74, 6) is 1.49. The van der Waals surface area contributed by atoms with E-state index in [0.29, 0.717) is 32.2 Å². The SMILES string of the molecule is CCOCC(O)CN(Cc1c(-c2ccccc2)nn(C)c1Oc1ccc(C)cc1)C(C)CC. The quantitative estimate of drug-likeness (QED) is 0.411. The van der Waals surface area contributed by atoms with E-state index in [4.69, 9.17) is 14.6 Å². The summed E-state index contributed by atoms with van der Waals surface area (Å²) in [5, 5.41) is 15.4. The topological polar surface area (TPSA) is 59.8 Å². The molecule has 0 saturated carbocycles. The fourth-order valence-corrected chi connectivity index (χ4v) is 3.81. The lowest BCUT2D eigenvalue weighted by atomic mass is 10.1. The van der Waals surface area contributed by atoms with Crippen LogP contribution in [0.1, 0.15) is 38.3 Å². The van der Waals surface area contributed by atoms with Gasteiger partial charge in [0.1, 0.15) is 11.4 Å². The summed E-state index contributed by atoms with van der Waals surface area (Å²) in [5.41, 5.74) is 4.13. The number of aromatic nitrogens is 2. The van der Waals surface area contributed by atoms with Gasteiger partial charge in [0.05, 0.1) is 18.3 Å². The molecular formula is C27H37N3O3. The maximum Gasteiger partial charge on any atom is 0.222 e. The predicted molar refractivity (Wildman–Crippen MR) is 133 cm³/mol. The first kappa shape index (κ1) is 25.0. The molecule has 178 valence electrons. The molecule has 3 rings (SSSR count). The number of aliphatic hydroxyl groups excluding tert-OH is 1. The Labute approximate surface area is 197 Å². The summed E-state index contributed by atoms with van der Waals surface area (Å²) in [4.78, 5) is 2.29. The Kier molecular flexibility index (Phi) is 9.06. The van der Waals surface area contributed by atoms with Gasteiger partial charge in [0.15, 0.2) is 0 Å². The normalized spacial score (nSPS) is 13.3. The molecule has 1 heterocycles. The third-order valence-electron chi connectivity index (χ3n) is 5.91. The van der Waals surface area contributed by atoms with Gasteiger partial charge in [-0.25, -0.2) is 4.68 Å². The molecule has 0 radical (unpaired) electrons. The highest BCUT2D eigenvalue weighted by Crippen LogP contribution is 2.34. The molecule has 1 aromatic heterocycles. The van der Waals surface area contributed by atoms with Crippen molar-refractivity contribution in [3.8, 4) is 22.9 Å². The molecule has 33 heavy (non-hydrogen) atoms. The molecule has 0 aliphatic carbocycles. The van der Waals surface area contributed by atoms with Gasteiger partial charge in [0.2, 0.25) is 5.88 Å². The van der Waals surface area contributed by atoms with Gasteiger partial charge in [-0.1, -0.05) is 55.0 Å². The summed E-state index contributed by atoms with van der Waals surface area (Å²) < 4.78 is 13.6. The zero-order chi connectivity index (χ0) is 23.8. The molecule has 0 aliphatic rings. The average Bonchev–Trinajstić information content (AvgIpc) is 3.13. The first-order valence-corrected chi connectivity index (χ1v) is 11.8. The van der Waals surface area contributed by atoms with E-state index >= 15 is 0 Å². The van der Waals surface area contributed by atoms with Crippen LogP contribution in [-0.2, 0) is 18.3 Å². The lowest BCUT2D eigenvalue weighted by Gasteiger charge is -2.30. The Morgan fingerprint density at radius 2 is 1.76 bits per heavy atom. The Morgan fingerprint density at radius 3 is 2.39 bits per heavy atom. The number of nitrogens with zero attached hydrogens (tertiary/aromatic N) is 3. The minimum absolute atomic E-state index is 0.275. The van der Waals surface area contributed by atoms with Gasteiger partial charge < -0.3 is 14.6 Å². The van der Waals surface area contributed by atoms with Crippen LogP contribution in [-0.4, -0.2) is 51.7 Å². The van der Waals surface area contributed by atoms with Crippen molar-refractivity contribution in [2.24, 2.45) is 7.05 Å². The van der Waals surface area contributed by atoms with Crippen molar-refractivity contribution in [3.63, 3.8) is 0 Å². The molecule has 0 spiro atoms. The standard InChI is InChI=1S/C27H37N3O3/c1-6-21(4)30(17-23(31)19-32-7-2)18-25-26(22-11-9-8-10-12-22)28-29(5)27(25)33-24-15-13-20(3)14-16-24/h8-16,21,23,31H,6-7,17-19H2,1-5H3. The van der Waals surface area contributed by atoms with Gasteiger partial charge in [-0.2, -0.15) is 5.10 Å². The lowest BCUT2D eigenvalue weighted by Crippen LogP contribution is -2.40. The monoisotopic (exact) mass is 451 g/mol. The highest BCUT2D eigenvalue weighted by molar-refractivity contribution is 5.65. The molecule has 1 N–H and O–H groups in total. The minimum atomic E-state index is -0.558. The van der Waals surface area contributed by atoms with Gasteiger partial charge in [-0.05, 0) is 39.3 Å². The first-order valence-electron chi connectivity index (χ1n) is 11.8. The first-order chi connectivity index (χ1) is 15.9. The number of hydrogen-bond acceptors (Lipinski definition) is 5. The van der Waals surface area contributed by atoms with Gasteiger partial charge >= 0.3 is 0 Å². The van der Waals surface area contributed by atoms with Crippen molar-refractivity contribution in [2.45, 2.75) is 52.8 Å². The second kappa shape index (κ2) is 12.0. The smallest absolute Gasteiger partial charge is 0.222 e. The molecule has 6 nitrogen and oxygen atoms in total. The molecule has 0 fully saturated rings. The van der Waals surface area contributed by atoms with Gasteiger partial charge in [-0.3, -0.25) is 4.90 Å². The van der Waals surface area contributed by atoms with Crippen molar-refractivity contribution in [1.29, 1.82) is 0 Å². The lowest BCUT2D eigenvalue weighted by molar-refractivity contribution is 0.0112. The Morgan fingerprint density at radius 1 is 1.06 bits per heavy atom. The van der Waals surface area contributed by atoms with Crippen molar-refractivity contribution in [1.82, 2.24) is 14.7 Å². The van der Waals surface area contributed by atoms with Crippen molar-refractivity contribution in [3.05, 3.63) is 65.7 Å². The van der Waals surface area contributed by atoms with E-state index in [9.17, 15) is 5.11 Å². The molecule has 0 saturated heterocycles. The number of hydrogen-bond donors (Lipinski definition) is 1. The molecule has 2 aromatic carbocycles. The molecular weight excluding hydrogens is 414 g/mol.